The quantitative estimate of drug-likeness (QED) is 0.308. The third kappa shape index (κ3) is 5.67. The number of rotatable bonds is 7. The van der Waals surface area contributed by atoms with Crippen LogP contribution in [-0.2, 0) is 10.1 Å². The van der Waals surface area contributed by atoms with Crippen molar-refractivity contribution in [2.24, 2.45) is 0 Å². The van der Waals surface area contributed by atoms with Gasteiger partial charge in [0, 0.05) is 35.5 Å². The maximum Gasteiger partial charge on any atom is 0.113 e. The van der Waals surface area contributed by atoms with E-state index in [1.54, 1.807) is 31.2 Å². The summed E-state index contributed by atoms with van der Waals surface area (Å²) in [6, 6.07) is 18.9. The number of nitriles is 2. The summed E-state index contributed by atoms with van der Waals surface area (Å²) in [5.41, 5.74) is 3.61. The number of hydrogen-bond donors (Lipinski definition) is 0. The number of fused-ring (bicyclic) bond motifs is 1. The van der Waals surface area contributed by atoms with E-state index < -0.39 is 15.9 Å². The molecule has 0 atom stereocenters. The summed E-state index contributed by atoms with van der Waals surface area (Å²) in [7, 11) is -2.50. The summed E-state index contributed by atoms with van der Waals surface area (Å²) in [6.45, 7) is 1.93. The lowest BCUT2D eigenvalue weighted by Crippen LogP contribution is -2.27. The van der Waals surface area contributed by atoms with Gasteiger partial charge in [-0.2, -0.15) is 10.5 Å². The predicted octanol–water partition coefficient (Wildman–Crippen LogP) is 4.82. The van der Waals surface area contributed by atoms with E-state index in [-0.39, 0.29) is 13.0 Å². The third-order valence-corrected chi connectivity index (χ3v) is 6.40. The molecule has 0 radical (unpaired) electrons. The van der Waals surface area contributed by atoms with E-state index in [1.165, 1.54) is 0 Å². The molecule has 0 spiro atoms. The number of benzene rings is 2. The molecule has 0 N–H and O–H groups in total. The molecule has 0 aliphatic carbocycles. The molecule has 9 heteroatoms. The molecule has 1 aliphatic rings. The van der Waals surface area contributed by atoms with Gasteiger partial charge in [0.25, 0.3) is 0 Å². The van der Waals surface area contributed by atoms with Crippen LogP contribution in [-0.4, -0.2) is 32.3 Å². The van der Waals surface area contributed by atoms with Gasteiger partial charge >= 0.3 is 0 Å². The van der Waals surface area contributed by atoms with E-state index in [1.807, 2.05) is 53.2 Å². The minimum absolute atomic E-state index is 0.125. The standard InChI is InChI=1S/C25H23ClN4O3S/c1-18(16-27)25(19-7-4-3-5-8-19)20(17-28)9-12-24-29(2)22-11-10-21(26)15-23(22)30(24)13-6-14-34(31,32)33/h3-5,7-12,15H,6,13-14H2,1-2H3,(H,31,32,33)/p-1/b20-9+,24-12+,25-18-. The molecule has 1 aliphatic heterocycles. The highest BCUT2D eigenvalue weighted by Crippen LogP contribution is 2.42. The highest BCUT2D eigenvalue weighted by atomic mass is 35.5. The van der Waals surface area contributed by atoms with E-state index in [4.69, 9.17) is 11.6 Å². The Morgan fingerprint density at radius 1 is 1.12 bits per heavy atom. The number of nitrogens with zero attached hydrogens (tertiary/aromatic N) is 4. The highest BCUT2D eigenvalue weighted by Gasteiger charge is 2.28. The van der Waals surface area contributed by atoms with Gasteiger partial charge in [-0.25, -0.2) is 8.42 Å². The lowest BCUT2D eigenvalue weighted by Gasteiger charge is -2.23. The Labute approximate surface area is 204 Å². The minimum atomic E-state index is -4.34. The molecule has 2 aromatic rings. The molecule has 0 aromatic heterocycles. The fourth-order valence-electron chi connectivity index (χ4n) is 3.83. The second-order valence-corrected chi connectivity index (χ2v) is 9.61. The second-order valence-electron chi connectivity index (χ2n) is 7.65. The Balaban J connectivity index is 2.07. The van der Waals surface area contributed by atoms with Crippen molar-refractivity contribution in [3.05, 3.63) is 88.2 Å². The number of anilines is 2. The normalized spacial score (nSPS) is 15.6. The zero-order valence-electron chi connectivity index (χ0n) is 18.7. The van der Waals surface area contributed by atoms with Crippen LogP contribution in [0.5, 0.6) is 0 Å². The molecule has 1 heterocycles. The number of hydrogen-bond acceptors (Lipinski definition) is 7. The summed E-state index contributed by atoms with van der Waals surface area (Å²) in [5.74, 6) is 0.188. The topological polar surface area (TPSA) is 111 Å². The summed E-state index contributed by atoms with van der Waals surface area (Å²) in [4.78, 5) is 3.76. The highest BCUT2D eigenvalue weighted by molar-refractivity contribution is 7.85. The average Bonchev–Trinajstić information content (AvgIpc) is 3.06. The maximum absolute atomic E-state index is 11.1. The van der Waals surface area contributed by atoms with Gasteiger partial charge in [-0.05, 0) is 49.3 Å². The van der Waals surface area contributed by atoms with Gasteiger partial charge in [0.05, 0.1) is 39.2 Å². The van der Waals surface area contributed by atoms with Crippen molar-refractivity contribution in [2.45, 2.75) is 13.3 Å². The first-order chi connectivity index (χ1) is 16.2. The van der Waals surface area contributed by atoms with Crippen molar-refractivity contribution in [1.29, 1.82) is 10.5 Å². The second kappa shape index (κ2) is 10.6. The number of halogens is 1. The third-order valence-electron chi connectivity index (χ3n) is 5.38. The molecular weight excluding hydrogens is 472 g/mol. The predicted molar refractivity (Wildman–Crippen MR) is 133 cm³/mol. The molecule has 2 aromatic carbocycles. The van der Waals surface area contributed by atoms with Crippen molar-refractivity contribution in [2.75, 3.05) is 29.1 Å². The van der Waals surface area contributed by atoms with Crippen molar-refractivity contribution >= 4 is 38.7 Å². The van der Waals surface area contributed by atoms with Crippen molar-refractivity contribution < 1.29 is 13.0 Å². The van der Waals surface area contributed by atoms with Crippen LogP contribution in [0.25, 0.3) is 5.57 Å². The fourth-order valence-corrected chi connectivity index (χ4v) is 4.48. The lowest BCUT2D eigenvalue weighted by molar-refractivity contribution is 0.461. The van der Waals surface area contributed by atoms with Gasteiger partial charge in [-0.15, -0.1) is 0 Å². The molecule has 174 valence electrons. The van der Waals surface area contributed by atoms with Crippen LogP contribution in [0.2, 0.25) is 5.02 Å². The number of allylic oxidation sites excluding steroid dienone is 5. The average molecular weight is 494 g/mol. The van der Waals surface area contributed by atoms with Crippen molar-refractivity contribution in [1.82, 2.24) is 0 Å². The smallest absolute Gasteiger partial charge is 0.113 e. The molecule has 0 fully saturated rings. The summed E-state index contributed by atoms with van der Waals surface area (Å²) in [6.07, 6.45) is 3.51. The molecule has 0 amide bonds. The van der Waals surface area contributed by atoms with Gasteiger partial charge in [-0.1, -0.05) is 41.9 Å². The molecule has 7 nitrogen and oxygen atoms in total. The molecule has 0 bridgehead atoms. The van der Waals surface area contributed by atoms with Crippen LogP contribution in [0.15, 0.2) is 77.7 Å². The first-order valence-electron chi connectivity index (χ1n) is 10.4. The van der Waals surface area contributed by atoms with Crippen LogP contribution >= 0.6 is 11.6 Å². The van der Waals surface area contributed by atoms with Gasteiger partial charge < -0.3 is 14.4 Å². The van der Waals surface area contributed by atoms with Crippen LogP contribution < -0.4 is 9.80 Å². The Kier molecular flexibility index (Phi) is 7.80. The molecular formula is C25H22ClN4O3S-. The lowest BCUT2D eigenvalue weighted by atomic mass is 9.94. The Hall–Kier alpha value is -3.56. The van der Waals surface area contributed by atoms with Crippen molar-refractivity contribution in [3.63, 3.8) is 0 Å². The Morgan fingerprint density at radius 2 is 1.82 bits per heavy atom. The first-order valence-corrected chi connectivity index (χ1v) is 12.3. The van der Waals surface area contributed by atoms with Crippen LogP contribution in [0.1, 0.15) is 18.9 Å². The van der Waals surface area contributed by atoms with E-state index in [2.05, 4.69) is 12.1 Å². The monoisotopic (exact) mass is 493 g/mol. The van der Waals surface area contributed by atoms with Gasteiger partial charge in [0.2, 0.25) is 0 Å². The van der Waals surface area contributed by atoms with Crippen molar-refractivity contribution in [3.8, 4) is 12.1 Å². The minimum Gasteiger partial charge on any atom is -0.748 e. The maximum atomic E-state index is 11.1. The fraction of sp³-hybridized carbons (Fsp3) is 0.200. The van der Waals surface area contributed by atoms with Gasteiger partial charge in [0.1, 0.15) is 5.82 Å². The summed E-state index contributed by atoms with van der Waals surface area (Å²) in [5, 5.41) is 19.9. The molecule has 34 heavy (non-hydrogen) atoms. The SMILES string of the molecule is C/C(C#N)=C(/C(C#N)=C/C=C1\N(C)c2ccc(Cl)cc2N1CCCS(=O)(=O)[O-])c1ccccc1. The van der Waals surface area contributed by atoms with Gasteiger partial charge in [-0.3, -0.25) is 0 Å². The molecule has 3 rings (SSSR count). The van der Waals surface area contributed by atoms with E-state index >= 15 is 0 Å². The summed E-state index contributed by atoms with van der Waals surface area (Å²) >= 11 is 6.20. The largest absolute Gasteiger partial charge is 0.748 e. The molecule has 0 unspecified atom stereocenters. The molecule has 0 saturated heterocycles. The first kappa shape index (κ1) is 25.1. The zero-order valence-corrected chi connectivity index (χ0v) is 20.3. The van der Waals surface area contributed by atoms with E-state index in [0.717, 1.165) is 16.9 Å². The molecule has 0 saturated carbocycles. The Morgan fingerprint density at radius 3 is 2.44 bits per heavy atom. The summed E-state index contributed by atoms with van der Waals surface area (Å²) < 4.78 is 33.3. The van der Waals surface area contributed by atoms with Crippen LogP contribution in [0.3, 0.4) is 0 Å². The van der Waals surface area contributed by atoms with Gasteiger partial charge in [0.15, 0.2) is 0 Å². The zero-order chi connectivity index (χ0) is 24.9. The van der Waals surface area contributed by atoms with E-state index in [9.17, 15) is 23.5 Å². The van der Waals surface area contributed by atoms with Crippen LogP contribution in [0.4, 0.5) is 11.4 Å². The van der Waals surface area contributed by atoms with E-state index in [0.29, 0.717) is 27.6 Å². The Bertz CT molecular complexity index is 1370. The van der Waals surface area contributed by atoms with Crippen LogP contribution in [0, 0.1) is 22.7 Å².